The number of nitrogens with zero attached hydrogens (tertiary/aromatic N) is 4. The van der Waals surface area contributed by atoms with Crippen molar-refractivity contribution >= 4 is 34.9 Å². The van der Waals surface area contributed by atoms with Gasteiger partial charge in [-0.05, 0) is 56.7 Å². The Hall–Kier alpha value is -1.67. The van der Waals surface area contributed by atoms with E-state index in [9.17, 15) is 0 Å². The Morgan fingerprint density at radius 1 is 1.03 bits per heavy atom. The zero-order chi connectivity index (χ0) is 20.8. The first kappa shape index (κ1) is 21.6. The molecule has 0 spiro atoms. The van der Waals surface area contributed by atoms with Crippen molar-refractivity contribution in [3.05, 3.63) is 6.07 Å². The number of ether oxygens (including phenoxy) is 1. The van der Waals surface area contributed by atoms with Crippen molar-refractivity contribution in [1.82, 2.24) is 15.3 Å². The summed E-state index contributed by atoms with van der Waals surface area (Å²) in [5.74, 6) is 3.32. The zero-order valence-electron chi connectivity index (χ0n) is 18.2. The summed E-state index contributed by atoms with van der Waals surface area (Å²) >= 11 is 5.53. The van der Waals surface area contributed by atoms with Crippen LogP contribution in [-0.4, -0.2) is 60.5 Å². The highest BCUT2D eigenvalue weighted by atomic mass is 32.1. The van der Waals surface area contributed by atoms with Crippen molar-refractivity contribution in [1.29, 1.82) is 0 Å². The quantitative estimate of drug-likeness (QED) is 0.685. The topological polar surface area (TPSA) is 65.5 Å². The summed E-state index contributed by atoms with van der Waals surface area (Å²) < 4.78 is 5.68. The van der Waals surface area contributed by atoms with Crippen LogP contribution in [0.1, 0.15) is 58.3 Å². The first-order chi connectivity index (χ1) is 14.7. The van der Waals surface area contributed by atoms with Gasteiger partial charge in [-0.3, -0.25) is 0 Å². The number of piperidine rings is 1. The summed E-state index contributed by atoms with van der Waals surface area (Å²) in [6.45, 7) is 8.15. The van der Waals surface area contributed by atoms with Crippen LogP contribution in [0.4, 0.5) is 17.6 Å². The highest BCUT2D eigenvalue weighted by molar-refractivity contribution is 7.80. The lowest BCUT2D eigenvalue weighted by atomic mass is 10.0. The van der Waals surface area contributed by atoms with Crippen molar-refractivity contribution in [3.8, 4) is 0 Å². The number of thiocarbonyl (C=S) groups is 1. The Morgan fingerprint density at radius 2 is 1.77 bits per heavy atom. The van der Waals surface area contributed by atoms with Gasteiger partial charge >= 0.3 is 0 Å². The minimum atomic E-state index is 0.250. The van der Waals surface area contributed by atoms with Crippen LogP contribution < -0.4 is 20.4 Å². The monoisotopic (exact) mass is 432 g/mol. The lowest BCUT2D eigenvalue weighted by Crippen LogP contribution is -2.37. The molecular formula is C22H36N6OS. The average molecular weight is 433 g/mol. The van der Waals surface area contributed by atoms with Crippen LogP contribution in [0.3, 0.4) is 0 Å². The predicted molar refractivity (Wildman–Crippen MR) is 127 cm³/mol. The fourth-order valence-electron chi connectivity index (χ4n) is 4.66. The highest BCUT2D eigenvalue weighted by Gasteiger charge is 2.21. The smallest absolute Gasteiger partial charge is 0.232 e. The Labute approximate surface area is 186 Å². The lowest BCUT2D eigenvalue weighted by Gasteiger charge is -2.33. The van der Waals surface area contributed by atoms with Gasteiger partial charge in [-0.1, -0.05) is 19.8 Å². The standard InChI is InChI=1S/C22H36N6OS/c1-17-8-6-12-28(16-17)20-14-19(27-10-4-2-3-5-11-27)24-21(25-20)26-22(30)23-15-18-9-7-13-29-18/h14,17-18H,2-13,15-16H2,1H3,(H2,23,24,25,26,30)/t17-,18-/m1/s1. The van der Waals surface area contributed by atoms with Gasteiger partial charge in [-0.25, -0.2) is 0 Å². The average Bonchev–Trinajstić information content (AvgIpc) is 3.12. The molecule has 1 aromatic rings. The second-order valence-corrected chi connectivity index (χ2v) is 9.38. The van der Waals surface area contributed by atoms with E-state index in [4.69, 9.17) is 26.9 Å². The van der Waals surface area contributed by atoms with E-state index in [0.29, 0.717) is 17.0 Å². The van der Waals surface area contributed by atoms with Gasteiger partial charge in [0.1, 0.15) is 11.6 Å². The lowest BCUT2D eigenvalue weighted by molar-refractivity contribution is 0.114. The fourth-order valence-corrected chi connectivity index (χ4v) is 4.83. The van der Waals surface area contributed by atoms with Crippen molar-refractivity contribution in [3.63, 3.8) is 0 Å². The van der Waals surface area contributed by atoms with Crippen molar-refractivity contribution < 1.29 is 4.74 Å². The molecule has 30 heavy (non-hydrogen) atoms. The maximum absolute atomic E-state index is 5.68. The third-order valence-electron chi connectivity index (χ3n) is 6.35. The van der Waals surface area contributed by atoms with Crippen LogP contribution in [0.5, 0.6) is 0 Å². The molecule has 166 valence electrons. The molecule has 0 aromatic carbocycles. The molecule has 8 heteroatoms. The summed E-state index contributed by atoms with van der Waals surface area (Å²) in [6.07, 6.45) is 10.0. The third-order valence-corrected chi connectivity index (χ3v) is 6.60. The summed E-state index contributed by atoms with van der Waals surface area (Å²) in [7, 11) is 0. The molecule has 0 bridgehead atoms. The number of rotatable bonds is 5. The number of aromatic nitrogens is 2. The minimum Gasteiger partial charge on any atom is -0.376 e. The van der Waals surface area contributed by atoms with E-state index in [1.54, 1.807) is 0 Å². The Morgan fingerprint density at radius 3 is 2.47 bits per heavy atom. The molecule has 4 rings (SSSR count). The van der Waals surface area contributed by atoms with Crippen molar-refractivity contribution in [2.75, 3.05) is 54.4 Å². The van der Waals surface area contributed by atoms with Crippen LogP contribution in [0, 0.1) is 5.92 Å². The second-order valence-electron chi connectivity index (χ2n) is 8.97. The number of hydrogen-bond donors (Lipinski definition) is 2. The summed E-state index contributed by atoms with van der Waals surface area (Å²) in [6, 6.07) is 2.18. The van der Waals surface area contributed by atoms with Gasteiger partial charge in [0.25, 0.3) is 0 Å². The molecule has 0 aliphatic carbocycles. The SMILES string of the molecule is C[C@@H]1CCCN(c2cc(N3CCCCCC3)nc(NC(=S)NC[C@H]3CCCO3)n2)C1. The van der Waals surface area contributed by atoms with E-state index in [1.165, 1.54) is 38.5 Å². The van der Waals surface area contributed by atoms with E-state index in [0.717, 1.165) is 63.8 Å². The molecule has 4 heterocycles. The molecule has 2 N–H and O–H groups in total. The van der Waals surface area contributed by atoms with Gasteiger partial charge in [0.15, 0.2) is 5.11 Å². The van der Waals surface area contributed by atoms with E-state index in [-0.39, 0.29) is 6.10 Å². The molecule has 3 saturated heterocycles. The molecule has 1 aromatic heterocycles. The Balaban J connectivity index is 1.49. The molecule has 7 nitrogen and oxygen atoms in total. The molecule has 3 aliphatic heterocycles. The van der Waals surface area contributed by atoms with E-state index < -0.39 is 0 Å². The number of anilines is 3. The summed E-state index contributed by atoms with van der Waals surface area (Å²) in [4.78, 5) is 14.5. The Bertz CT molecular complexity index is 683. The van der Waals surface area contributed by atoms with Gasteiger partial charge in [0, 0.05) is 45.4 Å². The first-order valence-corrected chi connectivity index (χ1v) is 12.1. The molecule has 3 aliphatic rings. The van der Waals surface area contributed by atoms with Gasteiger partial charge in [0.2, 0.25) is 5.95 Å². The van der Waals surface area contributed by atoms with Crippen LogP contribution in [0.2, 0.25) is 0 Å². The van der Waals surface area contributed by atoms with Crippen LogP contribution in [0.15, 0.2) is 6.07 Å². The van der Waals surface area contributed by atoms with Gasteiger partial charge < -0.3 is 25.2 Å². The molecule has 3 fully saturated rings. The van der Waals surface area contributed by atoms with Crippen LogP contribution in [-0.2, 0) is 4.74 Å². The predicted octanol–water partition coefficient (Wildman–Crippen LogP) is 3.56. The van der Waals surface area contributed by atoms with Gasteiger partial charge in [-0.15, -0.1) is 0 Å². The summed E-state index contributed by atoms with van der Waals surface area (Å²) in [5, 5.41) is 7.08. The normalized spacial score (nSPS) is 25.1. The zero-order valence-corrected chi connectivity index (χ0v) is 19.1. The molecule has 0 unspecified atom stereocenters. The highest BCUT2D eigenvalue weighted by Crippen LogP contribution is 2.27. The molecule has 0 saturated carbocycles. The third kappa shape index (κ3) is 5.94. The fraction of sp³-hybridized carbons (Fsp3) is 0.773. The van der Waals surface area contributed by atoms with Crippen LogP contribution >= 0.6 is 12.2 Å². The maximum Gasteiger partial charge on any atom is 0.232 e. The molecule has 2 atom stereocenters. The minimum absolute atomic E-state index is 0.250. The number of nitrogens with one attached hydrogen (secondary N) is 2. The second kappa shape index (κ2) is 10.6. The maximum atomic E-state index is 5.68. The molecule has 0 amide bonds. The first-order valence-electron chi connectivity index (χ1n) is 11.7. The largest absolute Gasteiger partial charge is 0.376 e. The van der Waals surface area contributed by atoms with Crippen molar-refractivity contribution in [2.24, 2.45) is 5.92 Å². The van der Waals surface area contributed by atoms with Gasteiger partial charge in [-0.2, -0.15) is 9.97 Å². The molecule has 0 radical (unpaired) electrons. The number of hydrogen-bond acceptors (Lipinski definition) is 6. The summed E-state index contributed by atoms with van der Waals surface area (Å²) in [5.41, 5.74) is 0. The van der Waals surface area contributed by atoms with E-state index in [1.807, 2.05) is 0 Å². The van der Waals surface area contributed by atoms with Crippen molar-refractivity contribution in [2.45, 2.75) is 64.4 Å². The van der Waals surface area contributed by atoms with E-state index in [2.05, 4.69) is 33.4 Å². The van der Waals surface area contributed by atoms with Crippen LogP contribution in [0.25, 0.3) is 0 Å². The van der Waals surface area contributed by atoms with Gasteiger partial charge in [0.05, 0.1) is 6.10 Å². The Kier molecular flexibility index (Phi) is 7.60. The van der Waals surface area contributed by atoms with E-state index >= 15 is 0 Å². The molecular weight excluding hydrogens is 396 g/mol.